The second kappa shape index (κ2) is 6.10. The van der Waals surface area contributed by atoms with E-state index in [9.17, 15) is 5.11 Å². The number of likely N-dealkylation sites (tertiary alicyclic amines) is 1. The molecule has 1 aromatic carbocycles. The first-order valence-corrected chi connectivity index (χ1v) is 7.52. The van der Waals surface area contributed by atoms with Crippen LogP contribution in [0.4, 0.5) is 0 Å². The van der Waals surface area contributed by atoms with Gasteiger partial charge in [0.1, 0.15) is 0 Å². The van der Waals surface area contributed by atoms with Gasteiger partial charge in [-0.1, -0.05) is 12.1 Å². The van der Waals surface area contributed by atoms with Gasteiger partial charge in [0, 0.05) is 37.3 Å². The fraction of sp³-hybridized carbons (Fsp3) is 0.471. The Balaban J connectivity index is 1.76. The maximum absolute atomic E-state index is 9.96. The van der Waals surface area contributed by atoms with Gasteiger partial charge >= 0.3 is 0 Å². The highest BCUT2D eigenvalue weighted by Gasteiger charge is 2.30. The molecule has 1 aliphatic rings. The Bertz CT molecular complexity index is 614. The van der Waals surface area contributed by atoms with Crippen LogP contribution in [0, 0.1) is 0 Å². The topological polar surface area (TPSA) is 39.6 Å². The first kappa shape index (κ1) is 14.4. The van der Waals surface area contributed by atoms with E-state index in [1.54, 1.807) is 0 Å². The van der Waals surface area contributed by atoms with Crippen LogP contribution in [0.3, 0.4) is 0 Å². The molecule has 1 saturated heterocycles. The van der Waals surface area contributed by atoms with E-state index in [4.69, 9.17) is 0 Å². The number of rotatable bonds is 4. The fourth-order valence-electron chi connectivity index (χ4n) is 3.22. The molecule has 2 heterocycles. The van der Waals surface area contributed by atoms with E-state index in [-0.39, 0.29) is 6.10 Å². The number of pyridine rings is 1. The van der Waals surface area contributed by atoms with Crippen LogP contribution in [0.2, 0.25) is 0 Å². The summed E-state index contributed by atoms with van der Waals surface area (Å²) in [4.78, 5) is 8.95. The van der Waals surface area contributed by atoms with Crippen molar-refractivity contribution in [3.05, 3.63) is 42.1 Å². The Morgan fingerprint density at radius 1 is 1.33 bits per heavy atom. The number of nitrogens with zero attached hydrogens (tertiary/aromatic N) is 3. The van der Waals surface area contributed by atoms with Crippen molar-refractivity contribution in [2.24, 2.45) is 0 Å². The molecule has 2 unspecified atom stereocenters. The van der Waals surface area contributed by atoms with E-state index in [0.717, 1.165) is 31.6 Å². The summed E-state index contributed by atoms with van der Waals surface area (Å²) in [6.45, 7) is 2.65. The Morgan fingerprint density at radius 2 is 2.19 bits per heavy atom. The van der Waals surface area contributed by atoms with Crippen molar-refractivity contribution >= 4 is 10.9 Å². The molecule has 1 N–H and O–H groups in total. The van der Waals surface area contributed by atoms with E-state index < -0.39 is 0 Å². The lowest BCUT2D eigenvalue weighted by atomic mass is 10.1. The minimum atomic E-state index is -0.197. The zero-order valence-corrected chi connectivity index (χ0v) is 12.7. The van der Waals surface area contributed by atoms with Gasteiger partial charge in [-0.25, -0.2) is 0 Å². The van der Waals surface area contributed by atoms with Crippen LogP contribution < -0.4 is 0 Å². The minimum absolute atomic E-state index is 0.197. The summed E-state index contributed by atoms with van der Waals surface area (Å²) in [6.07, 6.45) is 2.50. The van der Waals surface area contributed by atoms with Crippen LogP contribution in [0.1, 0.15) is 12.0 Å². The highest BCUT2D eigenvalue weighted by Crippen LogP contribution is 2.22. The third-order valence-corrected chi connectivity index (χ3v) is 4.13. The Morgan fingerprint density at radius 3 is 3.00 bits per heavy atom. The smallest absolute Gasteiger partial charge is 0.0702 e. The molecule has 0 bridgehead atoms. The standard InChI is InChI=1S/C17H23N3O/c1-19(2)11-15-9-16(21)12-20(15)10-13-5-6-17-14(8-13)4-3-7-18-17/h3-8,15-16,21H,9-12H2,1-2H3. The molecular formula is C17H23N3O. The molecule has 4 heteroatoms. The lowest BCUT2D eigenvalue weighted by molar-refractivity contribution is 0.169. The quantitative estimate of drug-likeness (QED) is 0.929. The van der Waals surface area contributed by atoms with E-state index in [1.165, 1.54) is 10.9 Å². The summed E-state index contributed by atoms with van der Waals surface area (Å²) in [5.41, 5.74) is 2.32. The van der Waals surface area contributed by atoms with Crippen LogP contribution in [0.15, 0.2) is 36.5 Å². The average Bonchev–Trinajstić information content (AvgIpc) is 2.77. The highest BCUT2D eigenvalue weighted by molar-refractivity contribution is 5.78. The second-order valence-electron chi connectivity index (χ2n) is 6.27. The number of β-amino-alcohol motifs (C(OH)–C–C–N with tert-alkyl or cyclic N) is 1. The molecule has 0 spiro atoms. The lowest BCUT2D eigenvalue weighted by Gasteiger charge is -2.26. The van der Waals surface area contributed by atoms with Crippen LogP contribution in [0.5, 0.6) is 0 Å². The number of aliphatic hydroxyl groups excluding tert-OH is 1. The summed E-state index contributed by atoms with van der Waals surface area (Å²) < 4.78 is 0. The third-order valence-electron chi connectivity index (χ3n) is 4.13. The summed E-state index contributed by atoms with van der Waals surface area (Å²) in [5, 5.41) is 11.1. The van der Waals surface area contributed by atoms with Gasteiger partial charge in [-0.2, -0.15) is 0 Å². The summed E-state index contributed by atoms with van der Waals surface area (Å²) >= 11 is 0. The third kappa shape index (κ3) is 3.40. The summed E-state index contributed by atoms with van der Waals surface area (Å²) in [7, 11) is 4.18. The molecule has 0 saturated carbocycles. The van der Waals surface area contributed by atoms with Gasteiger partial charge in [-0.3, -0.25) is 9.88 Å². The van der Waals surface area contributed by atoms with Crippen molar-refractivity contribution in [2.45, 2.75) is 25.1 Å². The number of likely N-dealkylation sites (N-methyl/N-ethyl adjacent to an activating group) is 1. The Hall–Kier alpha value is -1.49. The summed E-state index contributed by atoms with van der Waals surface area (Å²) in [6, 6.07) is 10.9. The number of hydrogen-bond acceptors (Lipinski definition) is 4. The second-order valence-corrected chi connectivity index (χ2v) is 6.27. The van der Waals surface area contributed by atoms with Crippen molar-refractivity contribution in [3.8, 4) is 0 Å². The molecule has 2 aromatic rings. The zero-order chi connectivity index (χ0) is 14.8. The van der Waals surface area contributed by atoms with Gasteiger partial charge in [0.15, 0.2) is 0 Å². The maximum atomic E-state index is 9.96. The molecule has 1 fully saturated rings. The first-order chi connectivity index (χ1) is 10.1. The fourth-order valence-corrected chi connectivity index (χ4v) is 3.22. The molecule has 1 aromatic heterocycles. The predicted molar refractivity (Wildman–Crippen MR) is 85.1 cm³/mol. The number of aliphatic hydroxyl groups is 1. The number of hydrogen-bond donors (Lipinski definition) is 1. The molecular weight excluding hydrogens is 262 g/mol. The molecule has 112 valence electrons. The normalized spacial score (nSPS) is 23.2. The monoisotopic (exact) mass is 285 g/mol. The van der Waals surface area contributed by atoms with Crippen LogP contribution >= 0.6 is 0 Å². The molecule has 4 nitrogen and oxygen atoms in total. The molecule has 0 amide bonds. The molecule has 2 atom stereocenters. The van der Waals surface area contributed by atoms with Gasteiger partial charge in [0.25, 0.3) is 0 Å². The first-order valence-electron chi connectivity index (χ1n) is 7.52. The summed E-state index contributed by atoms with van der Waals surface area (Å²) in [5.74, 6) is 0. The zero-order valence-electron chi connectivity index (χ0n) is 12.7. The molecule has 1 aliphatic heterocycles. The Kier molecular flexibility index (Phi) is 4.19. The van der Waals surface area contributed by atoms with E-state index in [2.05, 4.69) is 53.1 Å². The maximum Gasteiger partial charge on any atom is 0.0702 e. The predicted octanol–water partition coefficient (Wildman–Crippen LogP) is 1.73. The van der Waals surface area contributed by atoms with Gasteiger partial charge in [0.05, 0.1) is 11.6 Å². The van der Waals surface area contributed by atoms with Gasteiger partial charge in [-0.15, -0.1) is 0 Å². The van der Waals surface area contributed by atoms with Crippen LogP contribution in [0.25, 0.3) is 10.9 Å². The largest absolute Gasteiger partial charge is 0.392 e. The molecule has 0 radical (unpaired) electrons. The molecule has 21 heavy (non-hydrogen) atoms. The van der Waals surface area contributed by atoms with Crippen molar-refractivity contribution in [1.29, 1.82) is 0 Å². The van der Waals surface area contributed by atoms with Gasteiger partial charge in [0.2, 0.25) is 0 Å². The van der Waals surface area contributed by atoms with Gasteiger partial charge < -0.3 is 10.0 Å². The van der Waals surface area contributed by atoms with Crippen molar-refractivity contribution in [1.82, 2.24) is 14.8 Å². The number of aromatic nitrogens is 1. The number of benzene rings is 1. The SMILES string of the molecule is CN(C)CC1CC(O)CN1Cc1ccc2ncccc2c1. The van der Waals surface area contributed by atoms with Gasteiger partial charge in [-0.05, 0) is 44.3 Å². The van der Waals surface area contributed by atoms with Crippen molar-refractivity contribution in [3.63, 3.8) is 0 Å². The van der Waals surface area contributed by atoms with E-state index in [1.807, 2.05) is 12.3 Å². The van der Waals surface area contributed by atoms with E-state index in [0.29, 0.717) is 6.04 Å². The van der Waals surface area contributed by atoms with E-state index >= 15 is 0 Å². The van der Waals surface area contributed by atoms with Crippen LogP contribution in [-0.4, -0.2) is 59.2 Å². The molecule has 0 aliphatic carbocycles. The Labute approximate surface area is 126 Å². The van der Waals surface area contributed by atoms with Crippen LogP contribution in [-0.2, 0) is 6.54 Å². The number of fused-ring (bicyclic) bond motifs is 1. The highest BCUT2D eigenvalue weighted by atomic mass is 16.3. The lowest BCUT2D eigenvalue weighted by Crippen LogP contribution is -2.37. The average molecular weight is 285 g/mol. The van der Waals surface area contributed by atoms with Crippen molar-refractivity contribution < 1.29 is 5.11 Å². The van der Waals surface area contributed by atoms with Crippen molar-refractivity contribution in [2.75, 3.05) is 27.2 Å². The minimum Gasteiger partial charge on any atom is -0.392 e. The molecule has 3 rings (SSSR count).